The smallest absolute Gasteiger partial charge is 0.391 e. The molecule has 1 fully saturated rings. The minimum Gasteiger partial charge on any atom is -0.391 e. The fourth-order valence-electron chi connectivity index (χ4n) is 2.26. The molecule has 12 nitrogen and oxygen atoms in total. The molecule has 2 unspecified atom stereocenters. The van der Waals surface area contributed by atoms with Crippen LogP contribution in [0.25, 0.3) is 0 Å². The van der Waals surface area contributed by atoms with Crippen LogP contribution < -0.4 is 0 Å². The molecule has 1 aliphatic carbocycles. The lowest BCUT2D eigenvalue weighted by atomic mass is 9.86. The van der Waals surface area contributed by atoms with E-state index in [-0.39, 0.29) is 18.8 Å². The van der Waals surface area contributed by atoms with Crippen LogP contribution in [-0.4, -0.2) is 37.4 Å². The Hall–Kier alpha value is -0.140. The predicted molar refractivity (Wildman–Crippen MR) is 72.3 cm³/mol. The van der Waals surface area contributed by atoms with Crippen molar-refractivity contribution in [2.24, 2.45) is 11.3 Å². The van der Waals surface area contributed by atoms with Crippen molar-refractivity contribution in [1.29, 1.82) is 5.26 Å². The van der Waals surface area contributed by atoms with Gasteiger partial charge in [0, 0.05) is 0 Å². The summed E-state index contributed by atoms with van der Waals surface area (Å²) in [4.78, 5) is 35.1. The molecule has 5 N–H and O–H groups in total. The topological polar surface area (TPSA) is 204 Å². The fraction of sp³-hybridized carbons (Fsp3) is 0.875. The largest absolute Gasteiger partial charge is 0.490 e. The van der Waals surface area contributed by atoms with Crippen molar-refractivity contribution < 1.29 is 51.5 Å². The molecule has 0 amide bonds. The van der Waals surface area contributed by atoms with Gasteiger partial charge in [-0.3, -0.25) is 4.52 Å². The fourth-order valence-corrected chi connectivity index (χ4v) is 5.34. The molecule has 23 heavy (non-hydrogen) atoms. The first kappa shape index (κ1) is 20.9. The summed E-state index contributed by atoms with van der Waals surface area (Å²) in [6.45, 7) is 0.950. The van der Waals surface area contributed by atoms with Crippen molar-refractivity contribution in [2.45, 2.75) is 25.9 Å². The second kappa shape index (κ2) is 7.00. The molecule has 0 saturated heterocycles. The van der Waals surface area contributed by atoms with Gasteiger partial charge in [0.1, 0.15) is 5.41 Å². The van der Waals surface area contributed by atoms with Crippen LogP contribution in [0.1, 0.15) is 19.8 Å². The highest BCUT2D eigenvalue weighted by Crippen LogP contribution is 2.66. The van der Waals surface area contributed by atoms with Crippen LogP contribution in [0.3, 0.4) is 0 Å². The first-order valence-corrected chi connectivity index (χ1v) is 10.6. The number of hydrogen-bond donors (Lipinski definition) is 5. The summed E-state index contributed by atoms with van der Waals surface area (Å²) in [5.74, 6) is -0.0609. The van der Waals surface area contributed by atoms with E-state index in [1.165, 1.54) is 0 Å². The molecule has 0 heterocycles. The van der Waals surface area contributed by atoms with Crippen molar-refractivity contribution in [3.05, 3.63) is 0 Å². The van der Waals surface area contributed by atoms with Crippen LogP contribution in [0.2, 0.25) is 0 Å². The summed E-state index contributed by atoms with van der Waals surface area (Å²) in [7, 11) is -16.4. The zero-order valence-corrected chi connectivity index (χ0v) is 14.4. The number of hydrogen-bond acceptors (Lipinski definition) is 8. The van der Waals surface area contributed by atoms with Gasteiger partial charge >= 0.3 is 23.5 Å². The Morgan fingerprint density at radius 2 is 1.74 bits per heavy atom. The van der Waals surface area contributed by atoms with Gasteiger partial charge < -0.3 is 24.7 Å². The zero-order chi connectivity index (χ0) is 18.1. The summed E-state index contributed by atoms with van der Waals surface area (Å²) in [6, 6.07) is 1.78. The summed E-state index contributed by atoms with van der Waals surface area (Å²) in [6.07, 6.45) is -0.733. The molecule has 1 aliphatic rings. The SMILES string of the molecule is C[C@H]1C[C@H](O)[C@@](C#N)(COP(=O)(O)OP(=O)(O)OP(=O)(O)O)C1. The lowest BCUT2D eigenvalue weighted by Gasteiger charge is -2.25. The Labute approximate surface area is 131 Å². The molecule has 0 aromatic heterocycles. The minimum absolute atomic E-state index is 0.0609. The molecule has 15 heteroatoms. The summed E-state index contributed by atoms with van der Waals surface area (Å²) >= 11 is 0. The minimum atomic E-state index is -5.60. The Bertz CT molecular complexity index is 625. The maximum absolute atomic E-state index is 11.6. The predicted octanol–water partition coefficient (Wildman–Crippen LogP) is 0.630. The molecule has 5 atom stereocenters. The maximum Gasteiger partial charge on any atom is 0.490 e. The summed E-state index contributed by atoms with van der Waals surface area (Å²) < 4.78 is 44.7. The first-order chi connectivity index (χ1) is 10.2. The van der Waals surface area contributed by atoms with Gasteiger partial charge in [-0.1, -0.05) is 6.92 Å². The van der Waals surface area contributed by atoms with Gasteiger partial charge in [-0.2, -0.15) is 13.9 Å². The monoisotopic (exact) mass is 395 g/mol. The lowest BCUT2D eigenvalue weighted by molar-refractivity contribution is 0.0430. The molecule has 0 aliphatic heterocycles. The number of aliphatic hydroxyl groups is 1. The third-order valence-corrected chi connectivity index (χ3v) is 6.88. The van der Waals surface area contributed by atoms with E-state index >= 15 is 0 Å². The molecule has 1 saturated carbocycles. The first-order valence-electron chi connectivity index (χ1n) is 6.08. The van der Waals surface area contributed by atoms with Crippen LogP contribution >= 0.6 is 23.5 Å². The van der Waals surface area contributed by atoms with E-state index < -0.39 is 41.6 Å². The maximum atomic E-state index is 11.6. The van der Waals surface area contributed by atoms with Gasteiger partial charge in [-0.15, -0.1) is 0 Å². The third kappa shape index (κ3) is 6.35. The highest BCUT2D eigenvalue weighted by atomic mass is 31.3. The quantitative estimate of drug-likeness (QED) is 0.377. The van der Waals surface area contributed by atoms with Crippen molar-refractivity contribution >= 4 is 23.5 Å². The molecule has 0 spiro atoms. The highest BCUT2D eigenvalue weighted by Gasteiger charge is 2.49. The Kier molecular flexibility index (Phi) is 6.36. The zero-order valence-electron chi connectivity index (χ0n) is 11.8. The van der Waals surface area contributed by atoms with Gasteiger partial charge in [0.25, 0.3) is 0 Å². The number of nitriles is 1. The molecule has 0 aromatic rings. The lowest BCUT2D eigenvalue weighted by Crippen LogP contribution is -2.33. The number of phosphoric acid groups is 3. The van der Waals surface area contributed by atoms with Crippen LogP contribution in [0.5, 0.6) is 0 Å². The second-order valence-electron chi connectivity index (χ2n) is 5.19. The molecule has 1 rings (SSSR count). The highest BCUT2D eigenvalue weighted by molar-refractivity contribution is 7.66. The normalized spacial score (nSPS) is 33.6. The Morgan fingerprint density at radius 1 is 1.17 bits per heavy atom. The molecule has 0 aromatic carbocycles. The van der Waals surface area contributed by atoms with E-state index in [1.54, 1.807) is 13.0 Å². The van der Waals surface area contributed by atoms with Crippen molar-refractivity contribution in [3.63, 3.8) is 0 Å². The van der Waals surface area contributed by atoms with Gasteiger partial charge in [0.05, 0.1) is 18.8 Å². The van der Waals surface area contributed by atoms with Gasteiger partial charge in [0.15, 0.2) is 0 Å². The van der Waals surface area contributed by atoms with E-state index in [2.05, 4.69) is 13.1 Å². The van der Waals surface area contributed by atoms with E-state index in [0.717, 1.165) is 0 Å². The van der Waals surface area contributed by atoms with Crippen LogP contribution in [0, 0.1) is 22.7 Å². The van der Waals surface area contributed by atoms with Crippen molar-refractivity contribution in [3.8, 4) is 6.07 Å². The van der Waals surface area contributed by atoms with Gasteiger partial charge in [-0.25, -0.2) is 13.7 Å². The van der Waals surface area contributed by atoms with Crippen molar-refractivity contribution in [1.82, 2.24) is 0 Å². The molecule has 134 valence electrons. The summed E-state index contributed by atoms with van der Waals surface area (Å²) in [5.41, 5.74) is -1.51. The van der Waals surface area contributed by atoms with E-state index in [0.29, 0.717) is 0 Å². The number of nitrogens with zero attached hydrogens (tertiary/aromatic N) is 1. The number of phosphoric ester groups is 1. The Balaban J connectivity index is 2.76. The van der Waals surface area contributed by atoms with Crippen LogP contribution in [-0.2, 0) is 26.8 Å². The number of rotatable bonds is 7. The average Bonchev–Trinajstić information content (AvgIpc) is 2.57. The molecular formula is C8H16NO11P3. The third-order valence-electron chi connectivity index (χ3n) is 3.10. The molecule has 0 radical (unpaired) electrons. The van der Waals surface area contributed by atoms with Gasteiger partial charge in [-0.05, 0) is 18.8 Å². The van der Waals surface area contributed by atoms with E-state index in [9.17, 15) is 23.7 Å². The number of aliphatic hydroxyl groups excluding tert-OH is 1. The van der Waals surface area contributed by atoms with Crippen molar-refractivity contribution in [2.75, 3.05) is 6.61 Å². The van der Waals surface area contributed by atoms with E-state index in [4.69, 9.17) is 19.9 Å². The second-order valence-corrected chi connectivity index (χ2v) is 9.61. The van der Waals surface area contributed by atoms with Crippen LogP contribution in [0.15, 0.2) is 0 Å². The summed E-state index contributed by atoms with van der Waals surface area (Å²) in [5, 5.41) is 19.0. The standard InChI is InChI=1S/C8H16NO11P3/c1-6-2-7(10)8(3-6,4-9)5-18-22(14,15)20-23(16,17)19-21(11,12)13/h6-7,10H,2-3,5H2,1H3,(H,14,15)(H,16,17)(H2,11,12,13)/t6-,7-,8-/m0/s1. The Morgan fingerprint density at radius 3 is 2.13 bits per heavy atom. The average molecular weight is 395 g/mol. The van der Waals surface area contributed by atoms with E-state index in [1.807, 2.05) is 0 Å². The van der Waals surface area contributed by atoms with Gasteiger partial charge in [0.2, 0.25) is 0 Å². The molecule has 0 bridgehead atoms. The molecular weight excluding hydrogens is 379 g/mol. The van der Waals surface area contributed by atoms with Crippen LogP contribution in [0.4, 0.5) is 0 Å².